The Labute approximate surface area is 93.0 Å². The molecule has 1 aliphatic heterocycles. The lowest BCUT2D eigenvalue weighted by atomic mass is 9.68. The largest absolute Gasteiger partial charge is 0.478 e. The summed E-state index contributed by atoms with van der Waals surface area (Å²) in [5.74, 6) is -0.898. The van der Waals surface area contributed by atoms with E-state index in [1.807, 2.05) is 19.4 Å². The minimum atomic E-state index is -0.898. The highest BCUT2D eigenvalue weighted by Crippen LogP contribution is 2.19. The van der Waals surface area contributed by atoms with Crippen molar-refractivity contribution in [1.29, 1.82) is 0 Å². The van der Waals surface area contributed by atoms with Gasteiger partial charge in [0.05, 0.1) is 5.56 Å². The number of carboxylic acid groups (broad SMARTS) is 1. The second-order valence-electron chi connectivity index (χ2n) is 3.71. The molecule has 1 N–H and O–H groups in total. The van der Waals surface area contributed by atoms with Gasteiger partial charge in [0.1, 0.15) is 0 Å². The summed E-state index contributed by atoms with van der Waals surface area (Å²) in [6.07, 6.45) is 3.53. The maximum Gasteiger partial charge on any atom is 0.335 e. The van der Waals surface area contributed by atoms with Crippen LogP contribution in [0.5, 0.6) is 0 Å². The number of nitrogens with zero attached hydrogens (tertiary/aromatic N) is 1. The molecule has 1 aliphatic rings. The SMILES string of the molecule is O=C(O)c1ccc2c(c1)[B]c1cnccc1-2. The van der Waals surface area contributed by atoms with Gasteiger partial charge in [-0.15, -0.1) is 0 Å². The van der Waals surface area contributed by atoms with E-state index >= 15 is 0 Å². The molecule has 1 aromatic heterocycles. The van der Waals surface area contributed by atoms with Crippen LogP contribution in [0.1, 0.15) is 10.4 Å². The molecule has 16 heavy (non-hydrogen) atoms. The van der Waals surface area contributed by atoms with Crippen LogP contribution in [0.2, 0.25) is 0 Å². The third kappa shape index (κ3) is 1.23. The van der Waals surface area contributed by atoms with Crippen molar-refractivity contribution in [2.45, 2.75) is 0 Å². The van der Waals surface area contributed by atoms with Gasteiger partial charge in [0, 0.05) is 12.4 Å². The Morgan fingerprint density at radius 1 is 1.19 bits per heavy atom. The number of hydrogen-bond donors (Lipinski definition) is 1. The Morgan fingerprint density at radius 2 is 2.00 bits per heavy atom. The molecule has 3 rings (SSSR count). The molecule has 1 radical (unpaired) electrons. The highest BCUT2D eigenvalue weighted by atomic mass is 16.4. The predicted molar refractivity (Wildman–Crippen MR) is 61.7 cm³/mol. The maximum absolute atomic E-state index is 10.8. The van der Waals surface area contributed by atoms with E-state index in [-0.39, 0.29) is 0 Å². The number of rotatable bonds is 1. The molecule has 75 valence electrons. The summed E-state index contributed by atoms with van der Waals surface area (Å²) >= 11 is 0. The standard InChI is InChI=1S/C12H7BNO2/c15-12(16)7-1-2-8-9-3-4-14-6-11(9)13-10(8)5-7/h1-6H,(H,15,16). The van der Waals surface area contributed by atoms with Crippen molar-refractivity contribution in [3.05, 3.63) is 42.2 Å². The van der Waals surface area contributed by atoms with E-state index in [2.05, 4.69) is 4.98 Å². The number of benzene rings is 1. The number of aromatic carboxylic acids is 1. The smallest absolute Gasteiger partial charge is 0.335 e. The second-order valence-corrected chi connectivity index (χ2v) is 3.71. The van der Waals surface area contributed by atoms with Crippen LogP contribution in [0.4, 0.5) is 0 Å². The number of aromatic nitrogens is 1. The summed E-state index contributed by atoms with van der Waals surface area (Å²) in [5.41, 5.74) is 4.49. The number of carbonyl (C=O) groups is 1. The predicted octanol–water partition coefficient (Wildman–Crippen LogP) is 0.415. The van der Waals surface area contributed by atoms with Gasteiger partial charge in [0.2, 0.25) is 0 Å². The Kier molecular flexibility index (Phi) is 1.83. The van der Waals surface area contributed by atoms with Crippen LogP contribution in [-0.2, 0) is 0 Å². The molecule has 4 heteroatoms. The van der Waals surface area contributed by atoms with E-state index in [1.165, 1.54) is 0 Å². The normalized spacial score (nSPS) is 11.5. The monoisotopic (exact) mass is 208 g/mol. The van der Waals surface area contributed by atoms with Crippen LogP contribution in [0.15, 0.2) is 36.7 Å². The van der Waals surface area contributed by atoms with Crippen molar-refractivity contribution in [3.63, 3.8) is 0 Å². The lowest BCUT2D eigenvalue weighted by Gasteiger charge is -2.02. The van der Waals surface area contributed by atoms with Crippen molar-refractivity contribution in [2.75, 3.05) is 0 Å². The molecule has 2 aromatic rings. The first-order chi connectivity index (χ1) is 7.75. The van der Waals surface area contributed by atoms with Crippen molar-refractivity contribution < 1.29 is 9.90 Å². The minimum absolute atomic E-state index is 0.316. The molecule has 0 fully saturated rings. The number of carboxylic acids is 1. The minimum Gasteiger partial charge on any atom is -0.478 e. The first-order valence-corrected chi connectivity index (χ1v) is 4.92. The second kappa shape index (κ2) is 3.20. The van der Waals surface area contributed by atoms with Crippen molar-refractivity contribution in [2.24, 2.45) is 0 Å². The third-order valence-electron chi connectivity index (χ3n) is 2.75. The fraction of sp³-hybridized carbons (Fsp3) is 0. The van der Waals surface area contributed by atoms with Gasteiger partial charge in [-0.1, -0.05) is 23.1 Å². The van der Waals surface area contributed by atoms with Gasteiger partial charge in [0.25, 0.3) is 0 Å². The first kappa shape index (κ1) is 9.15. The van der Waals surface area contributed by atoms with E-state index in [0.29, 0.717) is 5.56 Å². The molecule has 0 aliphatic carbocycles. The molecular weight excluding hydrogens is 201 g/mol. The molecule has 0 unspecified atom stereocenters. The van der Waals surface area contributed by atoms with Crippen molar-refractivity contribution >= 4 is 24.2 Å². The number of pyridine rings is 1. The first-order valence-electron chi connectivity index (χ1n) is 4.92. The van der Waals surface area contributed by atoms with Gasteiger partial charge >= 0.3 is 5.97 Å². The third-order valence-corrected chi connectivity index (χ3v) is 2.75. The van der Waals surface area contributed by atoms with Crippen molar-refractivity contribution in [1.82, 2.24) is 4.98 Å². The Balaban J connectivity index is 2.18. The molecule has 3 nitrogen and oxygen atoms in total. The van der Waals surface area contributed by atoms with Gasteiger partial charge in [0.15, 0.2) is 7.28 Å². The summed E-state index contributed by atoms with van der Waals surface area (Å²) in [6, 6.07) is 7.11. The molecule has 0 spiro atoms. The summed E-state index contributed by atoms with van der Waals surface area (Å²) in [4.78, 5) is 14.9. The fourth-order valence-corrected chi connectivity index (χ4v) is 1.99. The van der Waals surface area contributed by atoms with E-state index in [0.717, 1.165) is 22.1 Å². The zero-order valence-corrected chi connectivity index (χ0v) is 8.34. The molecule has 2 heterocycles. The molecule has 0 saturated carbocycles. The van der Waals surface area contributed by atoms with Crippen LogP contribution in [0.3, 0.4) is 0 Å². The van der Waals surface area contributed by atoms with E-state index in [4.69, 9.17) is 5.11 Å². The Bertz CT molecular complexity index is 595. The highest BCUT2D eigenvalue weighted by Gasteiger charge is 2.20. The van der Waals surface area contributed by atoms with Crippen molar-refractivity contribution in [3.8, 4) is 11.1 Å². The van der Waals surface area contributed by atoms with E-state index in [9.17, 15) is 4.79 Å². The highest BCUT2D eigenvalue weighted by molar-refractivity contribution is 6.73. The quantitative estimate of drug-likeness (QED) is 0.589. The van der Waals surface area contributed by atoms with Crippen LogP contribution in [0.25, 0.3) is 11.1 Å². The van der Waals surface area contributed by atoms with Crippen LogP contribution < -0.4 is 10.9 Å². The lowest BCUT2D eigenvalue weighted by molar-refractivity contribution is 0.0697. The topological polar surface area (TPSA) is 50.2 Å². The summed E-state index contributed by atoms with van der Waals surface area (Å²) < 4.78 is 0. The van der Waals surface area contributed by atoms with Gasteiger partial charge in [-0.25, -0.2) is 4.79 Å². The summed E-state index contributed by atoms with van der Waals surface area (Å²) in [5, 5.41) is 8.91. The Hall–Kier alpha value is -2.10. The fourth-order valence-electron chi connectivity index (χ4n) is 1.99. The number of hydrogen-bond acceptors (Lipinski definition) is 2. The van der Waals surface area contributed by atoms with Crippen LogP contribution >= 0.6 is 0 Å². The van der Waals surface area contributed by atoms with Gasteiger partial charge < -0.3 is 5.11 Å². The lowest BCUT2D eigenvalue weighted by Crippen LogP contribution is -2.21. The molecule has 0 bridgehead atoms. The molecule has 1 aromatic carbocycles. The average Bonchev–Trinajstić information content (AvgIpc) is 2.66. The molecule has 0 saturated heterocycles. The van der Waals surface area contributed by atoms with Gasteiger partial charge in [-0.2, -0.15) is 0 Å². The molecule has 0 amide bonds. The van der Waals surface area contributed by atoms with Crippen LogP contribution in [-0.4, -0.2) is 23.3 Å². The van der Waals surface area contributed by atoms with Crippen LogP contribution in [0, 0.1) is 0 Å². The van der Waals surface area contributed by atoms with E-state index < -0.39 is 5.97 Å². The van der Waals surface area contributed by atoms with Gasteiger partial charge in [-0.3, -0.25) is 4.98 Å². The summed E-state index contributed by atoms with van der Waals surface area (Å²) in [6.45, 7) is 0. The Morgan fingerprint density at radius 3 is 2.81 bits per heavy atom. The average molecular weight is 208 g/mol. The summed E-state index contributed by atoms with van der Waals surface area (Å²) in [7, 11) is 1.96. The zero-order chi connectivity index (χ0) is 11.1. The molecular formula is C12H7BNO2. The molecule has 0 atom stereocenters. The maximum atomic E-state index is 10.8. The van der Waals surface area contributed by atoms with E-state index in [1.54, 1.807) is 24.5 Å². The van der Waals surface area contributed by atoms with Gasteiger partial charge in [-0.05, 0) is 23.3 Å². The number of fused-ring (bicyclic) bond motifs is 3. The zero-order valence-electron chi connectivity index (χ0n) is 8.34.